The van der Waals surface area contributed by atoms with Gasteiger partial charge in [0.25, 0.3) is 0 Å². The summed E-state index contributed by atoms with van der Waals surface area (Å²) in [7, 11) is 0. The largest absolute Gasteiger partial charge is 0.368 e. The van der Waals surface area contributed by atoms with Gasteiger partial charge in [-0.05, 0) is 42.5 Å². The molecule has 0 fully saturated rings. The summed E-state index contributed by atoms with van der Waals surface area (Å²) in [5, 5.41) is 10.2. The minimum atomic E-state index is -1.13. The lowest BCUT2D eigenvalue weighted by Crippen LogP contribution is -2.55. The van der Waals surface area contributed by atoms with Crippen LogP contribution in [-0.2, 0) is 28.7 Å². The van der Waals surface area contributed by atoms with Gasteiger partial charge in [-0.1, -0.05) is 91.0 Å². The fraction of sp³-hybridized carbons (Fsp3) is 0.324. The molecule has 13 heteroatoms. The topological polar surface area (TPSA) is 186 Å². The first-order valence-electron chi connectivity index (χ1n) is 15.2. The summed E-state index contributed by atoms with van der Waals surface area (Å²) in [4.78, 5) is 62.7. The molecule has 2 atom stereocenters. The molecule has 0 aliphatic rings. The van der Waals surface area contributed by atoms with Crippen LogP contribution >= 0.6 is 23.4 Å². The highest BCUT2D eigenvalue weighted by molar-refractivity contribution is 8.00. The Morgan fingerprint density at radius 2 is 1.17 bits per heavy atom. The van der Waals surface area contributed by atoms with Gasteiger partial charge < -0.3 is 32.7 Å². The van der Waals surface area contributed by atoms with Crippen LogP contribution in [0, 0.1) is 0 Å². The van der Waals surface area contributed by atoms with Crippen molar-refractivity contribution in [2.24, 2.45) is 11.5 Å². The summed E-state index contributed by atoms with van der Waals surface area (Å²) in [6, 6.07) is 27.4. The van der Waals surface area contributed by atoms with Gasteiger partial charge in [-0.3, -0.25) is 24.0 Å². The monoisotopic (exact) mass is 680 g/mol. The summed E-state index contributed by atoms with van der Waals surface area (Å²) >= 11 is 6.88. The SMILES string of the molecule is NCCCC[C@H](NC(=O)[C@H](CSC(c1ccccc1)(c1ccccc1)c1ccccc1)NC(=O)CNC(=O)CNC(=O)CCl)C(N)=O. The van der Waals surface area contributed by atoms with Crippen molar-refractivity contribution in [3.63, 3.8) is 0 Å². The fourth-order valence-corrected chi connectivity index (χ4v) is 6.58. The molecule has 0 unspecified atom stereocenters. The number of rotatable bonds is 19. The average molecular weight is 681 g/mol. The van der Waals surface area contributed by atoms with Crippen molar-refractivity contribution in [2.45, 2.75) is 36.1 Å². The number of alkyl halides is 1. The van der Waals surface area contributed by atoms with E-state index in [-0.39, 0.29) is 24.6 Å². The summed E-state index contributed by atoms with van der Waals surface area (Å²) < 4.78 is -0.800. The summed E-state index contributed by atoms with van der Waals surface area (Å²) in [5.41, 5.74) is 14.1. The second kappa shape index (κ2) is 19.3. The zero-order valence-corrected chi connectivity index (χ0v) is 27.5. The van der Waals surface area contributed by atoms with Crippen molar-refractivity contribution in [3.8, 4) is 0 Å². The van der Waals surface area contributed by atoms with E-state index in [2.05, 4.69) is 21.3 Å². The van der Waals surface area contributed by atoms with Crippen LogP contribution in [0.3, 0.4) is 0 Å². The second-order valence-electron chi connectivity index (χ2n) is 10.6. The Labute approximate surface area is 283 Å². The molecule has 3 rings (SSSR count). The molecule has 0 aliphatic heterocycles. The zero-order chi connectivity index (χ0) is 34.1. The smallest absolute Gasteiger partial charge is 0.244 e. The number of halogens is 1. The van der Waals surface area contributed by atoms with Gasteiger partial charge in [-0.15, -0.1) is 23.4 Å². The standard InChI is InChI=1S/C34H41ClN6O5S/c35-20-29(42)38-21-30(43)39-22-31(44)40-28(33(46)41-27(32(37)45)18-10-11-19-36)23-47-34(24-12-4-1-5-13-24,25-14-6-2-7-15-25)26-16-8-3-9-17-26/h1-9,12-17,27-28H,10-11,18-23,36H2,(H2,37,45)(H,38,42)(H,39,43)(H,40,44)(H,41,46)/t27-,28-/m0/s1. The summed E-state index contributed by atoms with van der Waals surface area (Å²) in [6.07, 6.45) is 1.51. The number of hydrogen-bond acceptors (Lipinski definition) is 7. The second-order valence-corrected chi connectivity index (χ2v) is 12.1. The van der Waals surface area contributed by atoms with Gasteiger partial charge >= 0.3 is 0 Å². The molecule has 3 aromatic carbocycles. The van der Waals surface area contributed by atoms with Crippen LogP contribution in [0.25, 0.3) is 0 Å². The van der Waals surface area contributed by atoms with Gasteiger partial charge in [0.2, 0.25) is 29.5 Å². The van der Waals surface area contributed by atoms with Crippen molar-refractivity contribution in [1.82, 2.24) is 21.3 Å². The number of amides is 5. The molecule has 8 N–H and O–H groups in total. The number of nitrogens with two attached hydrogens (primary N) is 2. The Hall–Kier alpha value is -4.39. The molecule has 0 saturated carbocycles. The molecule has 5 amide bonds. The lowest BCUT2D eigenvalue weighted by Gasteiger charge is -2.36. The fourth-order valence-electron chi connectivity index (χ4n) is 4.92. The molecule has 3 aromatic rings. The first-order chi connectivity index (χ1) is 22.7. The van der Waals surface area contributed by atoms with E-state index < -0.39 is 52.9 Å². The first-order valence-corrected chi connectivity index (χ1v) is 16.7. The Balaban J connectivity index is 1.94. The third kappa shape index (κ3) is 11.1. The van der Waals surface area contributed by atoms with Gasteiger partial charge in [0.15, 0.2) is 0 Å². The normalized spacial score (nSPS) is 12.3. The molecular formula is C34H41ClN6O5S. The first kappa shape index (κ1) is 37.1. The van der Waals surface area contributed by atoms with Crippen LogP contribution in [-0.4, -0.2) is 72.9 Å². The molecule has 0 spiro atoms. The van der Waals surface area contributed by atoms with Crippen molar-refractivity contribution in [2.75, 3.05) is 31.3 Å². The maximum Gasteiger partial charge on any atom is 0.244 e. The lowest BCUT2D eigenvalue weighted by molar-refractivity contribution is -0.131. The van der Waals surface area contributed by atoms with Crippen molar-refractivity contribution >= 4 is 52.9 Å². The Morgan fingerprint density at radius 1 is 0.681 bits per heavy atom. The third-order valence-electron chi connectivity index (χ3n) is 7.28. The number of benzene rings is 3. The van der Waals surface area contributed by atoms with Crippen LogP contribution in [0.2, 0.25) is 0 Å². The van der Waals surface area contributed by atoms with Gasteiger partial charge in [-0.2, -0.15) is 0 Å². The van der Waals surface area contributed by atoms with Crippen LogP contribution < -0.4 is 32.7 Å². The number of carbonyl (C=O) groups excluding carboxylic acids is 5. The van der Waals surface area contributed by atoms with Crippen LogP contribution in [0.15, 0.2) is 91.0 Å². The maximum absolute atomic E-state index is 13.8. The summed E-state index contributed by atoms with van der Waals surface area (Å²) in [6.45, 7) is -0.396. The number of thioether (sulfide) groups is 1. The van der Waals surface area contributed by atoms with Crippen LogP contribution in [0.1, 0.15) is 36.0 Å². The van der Waals surface area contributed by atoms with Crippen molar-refractivity contribution in [3.05, 3.63) is 108 Å². The van der Waals surface area contributed by atoms with E-state index >= 15 is 0 Å². The zero-order valence-electron chi connectivity index (χ0n) is 26.0. The van der Waals surface area contributed by atoms with E-state index in [0.717, 1.165) is 16.7 Å². The van der Waals surface area contributed by atoms with Crippen LogP contribution in [0.5, 0.6) is 0 Å². The van der Waals surface area contributed by atoms with Crippen LogP contribution in [0.4, 0.5) is 0 Å². The van der Waals surface area contributed by atoms with Gasteiger partial charge in [-0.25, -0.2) is 0 Å². The molecule has 0 aromatic heterocycles. The highest BCUT2D eigenvalue weighted by atomic mass is 35.5. The van der Waals surface area contributed by atoms with E-state index in [9.17, 15) is 24.0 Å². The molecular weight excluding hydrogens is 640 g/mol. The number of nitrogens with one attached hydrogen (secondary N) is 4. The third-order valence-corrected chi connectivity index (χ3v) is 9.16. The summed E-state index contributed by atoms with van der Waals surface area (Å²) in [5.74, 6) is -3.33. The Bertz CT molecular complexity index is 1370. The number of carbonyl (C=O) groups is 5. The van der Waals surface area contributed by atoms with E-state index in [1.165, 1.54) is 11.8 Å². The predicted molar refractivity (Wildman–Crippen MR) is 184 cm³/mol. The Kier molecular flexibility index (Phi) is 15.2. The van der Waals surface area contributed by atoms with Crippen molar-refractivity contribution < 1.29 is 24.0 Å². The minimum absolute atomic E-state index is 0.0737. The molecule has 0 heterocycles. The molecule has 0 radical (unpaired) electrons. The van der Waals surface area contributed by atoms with E-state index in [0.29, 0.717) is 19.4 Å². The lowest BCUT2D eigenvalue weighted by atomic mass is 9.84. The molecule has 0 bridgehead atoms. The minimum Gasteiger partial charge on any atom is -0.368 e. The molecule has 47 heavy (non-hydrogen) atoms. The van der Waals surface area contributed by atoms with E-state index in [1.807, 2.05) is 91.0 Å². The van der Waals surface area contributed by atoms with Crippen molar-refractivity contribution in [1.29, 1.82) is 0 Å². The quantitative estimate of drug-likeness (QED) is 0.0633. The average Bonchev–Trinajstić information content (AvgIpc) is 3.10. The molecule has 11 nitrogen and oxygen atoms in total. The van der Waals surface area contributed by atoms with Gasteiger partial charge in [0.1, 0.15) is 18.0 Å². The predicted octanol–water partition coefficient (Wildman–Crippen LogP) is 1.77. The van der Waals surface area contributed by atoms with Gasteiger partial charge in [0, 0.05) is 5.75 Å². The highest BCUT2D eigenvalue weighted by Gasteiger charge is 2.39. The number of hydrogen-bond donors (Lipinski definition) is 6. The number of unbranched alkanes of at least 4 members (excludes halogenated alkanes) is 1. The maximum atomic E-state index is 13.8. The van der Waals surface area contributed by atoms with E-state index in [1.54, 1.807) is 0 Å². The van der Waals surface area contributed by atoms with E-state index in [4.69, 9.17) is 23.1 Å². The van der Waals surface area contributed by atoms with Gasteiger partial charge in [0.05, 0.1) is 17.8 Å². The highest BCUT2D eigenvalue weighted by Crippen LogP contribution is 2.48. The number of primary amides is 1. The molecule has 250 valence electrons. The molecule has 0 aliphatic carbocycles. The molecule has 0 saturated heterocycles. The Morgan fingerprint density at radius 3 is 1.64 bits per heavy atom.